The molecule has 6 rings (SSSR count). The number of carbonyl (C=O) groups is 2. The first-order valence-corrected chi connectivity index (χ1v) is 12.4. The zero-order valence-electron chi connectivity index (χ0n) is 21.9. The van der Waals surface area contributed by atoms with E-state index in [1.807, 2.05) is 36.0 Å². The second-order valence-corrected chi connectivity index (χ2v) is 9.91. The first-order chi connectivity index (χ1) is 18.8. The number of carbonyl (C=O) groups excluding carboxylic acids is 2. The number of ether oxygens (including phenoxy) is 2. The van der Waals surface area contributed by atoms with Crippen LogP contribution in [0.2, 0.25) is 0 Å². The number of aryl methyl sites for hydroxylation is 2. The Labute approximate surface area is 222 Å². The normalized spacial score (nSPS) is 19.6. The lowest BCUT2D eigenvalue weighted by Gasteiger charge is -2.18. The molecule has 1 aromatic carbocycles. The van der Waals surface area contributed by atoms with Gasteiger partial charge in [0.1, 0.15) is 5.82 Å². The van der Waals surface area contributed by atoms with Crippen LogP contribution in [0, 0.1) is 11.8 Å². The fourth-order valence-corrected chi connectivity index (χ4v) is 5.59. The molecular weight excluding hydrogens is 504 g/mol. The average molecular weight is 533 g/mol. The van der Waals surface area contributed by atoms with Crippen LogP contribution in [0.1, 0.15) is 6.04 Å². The predicted octanol–water partition coefficient (Wildman–Crippen LogP) is 2.93. The van der Waals surface area contributed by atoms with Gasteiger partial charge < -0.3 is 19.7 Å². The van der Waals surface area contributed by atoms with Crippen molar-refractivity contribution in [3.05, 3.63) is 53.3 Å². The van der Waals surface area contributed by atoms with Crippen molar-refractivity contribution in [2.24, 2.45) is 25.9 Å². The molecule has 1 saturated carbocycles. The molecule has 4 heterocycles. The van der Waals surface area contributed by atoms with Crippen LogP contribution in [0.4, 0.5) is 26.8 Å². The van der Waals surface area contributed by atoms with Gasteiger partial charge in [-0.3, -0.25) is 19.1 Å². The lowest BCUT2D eigenvalue weighted by atomic mass is 10.1. The van der Waals surface area contributed by atoms with Crippen LogP contribution in [0.5, 0.6) is 0 Å². The monoisotopic (exact) mass is 532 g/mol. The highest BCUT2D eigenvalue weighted by atomic mass is 16.5. The van der Waals surface area contributed by atoms with Crippen molar-refractivity contribution in [3.63, 3.8) is 0 Å². The summed E-state index contributed by atoms with van der Waals surface area (Å²) in [6.07, 6.45) is 4.37. The number of amides is 2. The fraction of sp³-hybridized carbons (Fsp3) is 0.346. The molecule has 0 bridgehead atoms. The minimum atomic E-state index is -0.585. The number of rotatable bonds is 5. The van der Waals surface area contributed by atoms with Gasteiger partial charge in [0.05, 0.1) is 37.6 Å². The second kappa shape index (κ2) is 9.19. The molecule has 0 radical (unpaired) electrons. The van der Waals surface area contributed by atoms with Gasteiger partial charge in [-0.2, -0.15) is 5.10 Å². The van der Waals surface area contributed by atoms with Crippen LogP contribution in [-0.4, -0.2) is 68.3 Å². The van der Waals surface area contributed by atoms with Crippen molar-refractivity contribution in [1.29, 1.82) is 0 Å². The number of fused-ring (bicyclic) bond motifs is 2. The molecule has 3 atom stereocenters. The molecule has 3 aromatic heterocycles. The quantitative estimate of drug-likeness (QED) is 0.400. The molecule has 202 valence electrons. The highest BCUT2D eigenvalue weighted by Gasteiger charge is 2.59. The van der Waals surface area contributed by atoms with Gasteiger partial charge in [0.15, 0.2) is 0 Å². The number of aromatic nitrogens is 5. The van der Waals surface area contributed by atoms with Crippen molar-refractivity contribution < 1.29 is 19.1 Å². The van der Waals surface area contributed by atoms with Crippen LogP contribution >= 0.6 is 0 Å². The number of methoxy groups -OCH3 is 2. The molecule has 4 aromatic rings. The topological polar surface area (TPSA) is 138 Å². The summed E-state index contributed by atoms with van der Waals surface area (Å²) in [5, 5.41) is 10.3. The van der Waals surface area contributed by atoms with Crippen molar-refractivity contribution >= 4 is 40.4 Å². The molecule has 0 spiro atoms. The van der Waals surface area contributed by atoms with E-state index in [-0.39, 0.29) is 29.7 Å². The van der Waals surface area contributed by atoms with Crippen LogP contribution in [-0.2, 0) is 23.6 Å². The smallest absolute Gasteiger partial charge is 0.411 e. The molecular formula is C26H28N8O5. The largest absolute Gasteiger partial charge is 0.453 e. The third kappa shape index (κ3) is 4.25. The van der Waals surface area contributed by atoms with Gasteiger partial charge >= 0.3 is 17.9 Å². The highest BCUT2D eigenvalue weighted by Crippen LogP contribution is 2.55. The van der Waals surface area contributed by atoms with Crippen LogP contribution in [0.25, 0.3) is 22.2 Å². The maximum atomic E-state index is 13.2. The molecule has 2 amide bonds. The summed E-state index contributed by atoms with van der Waals surface area (Å²) in [7, 11) is 6.25. The summed E-state index contributed by atoms with van der Waals surface area (Å²) in [5.41, 5.74) is 4.28. The Kier molecular flexibility index (Phi) is 5.78. The summed E-state index contributed by atoms with van der Waals surface area (Å²) in [6, 6.07) is 7.40. The summed E-state index contributed by atoms with van der Waals surface area (Å²) in [4.78, 5) is 43.3. The lowest BCUT2D eigenvalue weighted by molar-refractivity contribution is 0.126. The van der Waals surface area contributed by atoms with Gasteiger partial charge in [-0.25, -0.2) is 19.4 Å². The van der Waals surface area contributed by atoms with E-state index in [1.54, 1.807) is 39.7 Å². The first kappa shape index (κ1) is 24.5. The van der Waals surface area contributed by atoms with Crippen molar-refractivity contribution in [3.8, 4) is 11.1 Å². The maximum Gasteiger partial charge on any atom is 0.411 e. The summed E-state index contributed by atoms with van der Waals surface area (Å²) in [6.45, 7) is 1.14. The Morgan fingerprint density at radius 3 is 2.36 bits per heavy atom. The van der Waals surface area contributed by atoms with Gasteiger partial charge in [0.25, 0.3) is 0 Å². The Hall–Kier alpha value is -4.81. The van der Waals surface area contributed by atoms with E-state index in [2.05, 4.69) is 20.7 Å². The van der Waals surface area contributed by atoms with Crippen LogP contribution < -0.4 is 16.3 Å². The molecule has 2 N–H and O–H groups in total. The third-order valence-electron chi connectivity index (χ3n) is 7.53. The first-order valence-electron chi connectivity index (χ1n) is 12.4. The number of nitrogens with one attached hydrogen (secondary N) is 2. The number of nitrogens with zero attached hydrogens (tertiary/aromatic N) is 6. The van der Waals surface area contributed by atoms with Crippen molar-refractivity contribution in [1.82, 2.24) is 28.8 Å². The number of hydrogen-bond acceptors (Lipinski definition) is 8. The Morgan fingerprint density at radius 2 is 1.69 bits per heavy atom. The minimum absolute atomic E-state index is 0.0159. The van der Waals surface area contributed by atoms with Crippen LogP contribution in [0.15, 0.2) is 47.7 Å². The van der Waals surface area contributed by atoms with Gasteiger partial charge in [0.2, 0.25) is 0 Å². The Balaban J connectivity index is 1.33. The number of pyridine rings is 1. The van der Waals surface area contributed by atoms with Crippen molar-refractivity contribution in [2.75, 3.05) is 37.9 Å². The van der Waals surface area contributed by atoms with Crippen LogP contribution in [0.3, 0.4) is 0 Å². The standard InChI is InChI=1S/C26H28N8O5/c1-31-11-15(9-28-31)14-5-16(7-17(6-14)30-24(35)38-3)29-22-8-20-21(10-27-22)32(2)25(36)34(20)23-18-12-33(13-19(18)23)26(37)39-4/h5-11,18-19,23H,12-13H2,1-4H3,(H,27,29)(H,30,35)/t18-,19+,23?. The van der Waals surface area contributed by atoms with E-state index >= 15 is 0 Å². The minimum Gasteiger partial charge on any atom is -0.453 e. The molecule has 1 aliphatic heterocycles. The van der Waals surface area contributed by atoms with Gasteiger partial charge in [-0.1, -0.05) is 0 Å². The number of piperidine rings is 1. The molecule has 13 nitrogen and oxygen atoms in total. The molecule has 13 heteroatoms. The maximum absolute atomic E-state index is 13.2. The second-order valence-electron chi connectivity index (χ2n) is 9.91. The average Bonchev–Trinajstić information content (AvgIpc) is 3.26. The molecule has 1 aliphatic carbocycles. The number of benzene rings is 1. The molecule has 1 saturated heterocycles. The van der Waals surface area contributed by atoms with E-state index in [0.29, 0.717) is 30.3 Å². The molecule has 2 aliphatic rings. The number of hydrogen-bond donors (Lipinski definition) is 2. The number of likely N-dealkylation sites (tertiary alicyclic amines) is 1. The SMILES string of the molecule is COC(=O)Nc1cc(Nc2cc3c(cn2)n(C)c(=O)n3C2[C@H]3CN(C(=O)OC)C[C@@H]23)cc(-c2cnn(C)c2)c1. The van der Waals surface area contributed by atoms with E-state index in [0.717, 1.165) is 22.2 Å². The van der Waals surface area contributed by atoms with E-state index in [4.69, 9.17) is 9.47 Å². The van der Waals surface area contributed by atoms with Gasteiger partial charge in [0, 0.05) is 74.3 Å². The molecule has 39 heavy (non-hydrogen) atoms. The van der Waals surface area contributed by atoms with E-state index < -0.39 is 6.09 Å². The predicted molar refractivity (Wildman–Crippen MR) is 143 cm³/mol. The Bertz CT molecular complexity index is 1660. The van der Waals surface area contributed by atoms with Gasteiger partial charge in [-0.15, -0.1) is 0 Å². The zero-order valence-corrected chi connectivity index (χ0v) is 21.9. The van der Waals surface area contributed by atoms with E-state index in [1.165, 1.54) is 14.2 Å². The lowest BCUT2D eigenvalue weighted by Crippen LogP contribution is -2.33. The summed E-state index contributed by atoms with van der Waals surface area (Å²) >= 11 is 0. The Morgan fingerprint density at radius 1 is 0.949 bits per heavy atom. The summed E-state index contributed by atoms with van der Waals surface area (Å²) in [5.74, 6) is 0.955. The summed E-state index contributed by atoms with van der Waals surface area (Å²) < 4.78 is 14.7. The third-order valence-corrected chi connectivity index (χ3v) is 7.53. The zero-order chi connectivity index (χ0) is 27.4. The molecule has 2 fully saturated rings. The van der Waals surface area contributed by atoms with Gasteiger partial charge in [-0.05, 0) is 23.8 Å². The molecule has 1 unspecified atom stereocenters. The van der Waals surface area contributed by atoms with Crippen molar-refractivity contribution in [2.45, 2.75) is 6.04 Å². The fourth-order valence-electron chi connectivity index (χ4n) is 5.59. The van der Waals surface area contributed by atoms with E-state index in [9.17, 15) is 14.4 Å². The number of imidazole rings is 1. The highest BCUT2D eigenvalue weighted by molar-refractivity contribution is 5.88. The number of anilines is 3.